The molecule has 2 rings (SSSR count). The Bertz CT molecular complexity index is 746. The largest absolute Gasteiger partial charge is 0.0985 e. The van der Waals surface area contributed by atoms with Gasteiger partial charge in [-0.25, -0.2) is 0 Å². The summed E-state index contributed by atoms with van der Waals surface area (Å²) in [4.78, 5) is 0. The molecule has 0 heteroatoms. The van der Waals surface area contributed by atoms with Crippen molar-refractivity contribution in [2.75, 3.05) is 0 Å². The Morgan fingerprint density at radius 3 is 2.48 bits per heavy atom. The zero-order valence-electron chi connectivity index (χ0n) is 16.0. The minimum Gasteiger partial charge on any atom is -0.0985 e. The van der Waals surface area contributed by atoms with Crippen molar-refractivity contribution in [2.45, 2.75) is 40.5 Å². The molecular formula is C25H30. The van der Waals surface area contributed by atoms with Crippen LogP contribution >= 0.6 is 0 Å². The Morgan fingerprint density at radius 2 is 1.92 bits per heavy atom. The van der Waals surface area contributed by atoms with Crippen molar-refractivity contribution in [3.63, 3.8) is 0 Å². The highest BCUT2D eigenvalue weighted by Gasteiger charge is 2.17. The molecule has 0 aromatic heterocycles. The van der Waals surface area contributed by atoms with Crippen LogP contribution < -0.4 is 0 Å². The van der Waals surface area contributed by atoms with E-state index >= 15 is 0 Å². The minimum atomic E-state index is 0.465. The zero-order chi connectivity index (χ0) is 18.2. The second-order valence-electron chi connectivity index (χ2n) is 6.65. The Kier molecular flexibility index (Phi) is 7.01. The van der Waals surface area contributed by atoms with Crippen LogP contribution in [0.3, 0.4) is 0 Å². The highest BCUT2D eigenvalue weighted by molar-refractivity contribution is 5.82. The summed E-state index contributed by atoms with van der Waals surface area (Å²) in [5.74, 6) is 0.465. The first-order valence-electron chi connectivity index (χ1n) is 9.27. The van der Waals surface area contributed by atoms with Crippen LogP contribution in [0.4, 0.5) is 0 Å². The molecule has 130 valence electrons. The van der Waals surface area contributed by atoms with E-state index in [1.807, 2.05) is 13.0 Å². The van der Waals surface area contributed by atoms with Crippen LogP contribution in [0.5, 0.6) is 0 Å². The van der Waals surface area contributed by atoms with Gasteiger partial charge in [-0.05, 0) is 59.1 Å². The average molecular weight is 331 g/mol. The Hall–Kier alpha value is -2.34. The van der Waals surface area contributed by atoms with Crippen LogP contribution in [0.25, 0.3) is 5.57 Å². The standard InChI is InChI=1S/C25H30/c1-6-9-13-20(7-2)23-17-16-21(8-3)25(18-24(23)19(4)5)22-14-11-10-12-15-22/h6-7,9-16,18-19H,2,8,17H2,1,3-5H3/b9-6-,20-13+. The topological polar surface area (TPSA) is 0 Å². The molecule has 1 aliphatic carbocycles. The van der Waals surface area contributed by atoms with Gasteiger partial charge in [0.15, 0.2) is 0 Å². The van der Waals surface area contributed by atoms with Crippen LogP contribution in [-0.2, 0) is 0 Å². The lowest BCUT2D eigenvalue weighted by molar-refractivity contribution is 0.779. The van der Waals surface area contributed by atoms with Gasteiger partial charge in [0.1, 0.15) is 0 Å². The molecule has 0 bridgehead atoms. The lowest BCUT2D eigenvalue weighted by atomic mass is 9.89. The van der Waals surface area contributed by atoms with E-state index in [2.05, 4.69) is 88.1 Å². The molecule has 0 spiro atoms. The summed E-state index contributed by atoms with van der Waals surface area (Å²) in [6.07, 6.45) is 15.1. The summed E-state index contributed by atoms with van der Waals surface area (Å²) in [5.41, 5.74) is 8.10. The van der Waals surface area contributed by atoms with Crippen LogP contribution in [0.15, 0.2) is 95.7 Å². The molecule has 0 heterocycles. The van der Waals surface area contributed by atoms with Crippen molar-refractivity contribution in [3.05, 3.63) is 101 Å². The van der Waals surface area contributed by atoms with E-state index < -0.39 is 0 Å². The van der Waals surface area contributed by atoms with Crippen LogP contribution in [0, 0.1) is 5.92 Å². The predicted octanol–water partition coefficient (Wildman–Crippen LogP) is 7.45. The maximum Gasteiger partial charge on any atom is -0.00826 e. The fraction of sp³-hybridized carbons (Fsp3) is 0.280. The molecule has 0 radical (unpaired) electrons. The predicted molar refractivity (Wildman–Crippen MR) is 112 cm³/mol. The SMILES string of the molecule is C=C/C(=C\C=C/C)C1=C(C(C)C)C=C(c2ccccc2)C(CC)=CC1. The first-order valence-corrected chi connectivity index (χ1v) is 9.27. The third-order valence-electron chi connectivity index (χ3n) is 4.67. The summed E-state index contributed by atoms with van der Waals surface area (Å²) in [6.45, 7) is 12.9. The van der Waals surface area contributed by atoms with Crippen molar-refractivity contribution < 1.29 is 0 Å². The molecule has 1 aliphatic rings. The molecule has 0 aliphatic heterocycles. The summed E-state index contributed by atoms with van der Waals surface area (Å²) >= 11 is 0. The van der Waals surface area contributed by atoms with Gasteiger partial charge in [0, 0.05) is 0 Å². The molecule has 0 atom stereocenters. The normalized spacial score (nSPS) is 16.1. The Morgan fingerprint density at radius 1 is 1.20 bits per heavy atom. The van der Waals surface area contributed by atoms with E-state index in [0.29, 0.717) is 5.92 Å². The van der Waals surface area contributed by atoms with Gasteiger partial charge >= 0.3 is 0 Å². The summed E-state index contributed by atoms with van der Waals surface area (Å²) in [7, 11) is 0. The van der Waals surface area contributed by atoms with Crippen molar-refractivity contribution >= 4 is 5.57 Å². The van der Waals surface area contributed by atoms with Gasteiger partial charge in [-0.2, -0.15) is 0 Å². The van der Waals surface area contributed by atoms with Gasteiger partial charge in [-0.15, -0.1) is 0 Å². The van der Waals surface area contributed by atoms with Gasteiger partial charge in [0.2, 0.25) is 0 Å². The van der Waals surface area contributed by atoms with Gasteiger partial charge in [-0.3, -0.25) is 0 Å². The molecule has 0 amide bonds. The van der Waals surface area contributed by atoms with Crippen molar-refractivity contribution in [1.29, 1.82) is 0 Å². The van der Waals surface area contributed by atoms with Gasteiger partial charge < -0.3 is 0 Å². The smallest absolute Gasteiger partial charge is 0.00826 e. The molecule has 1 aromatic carbocycles. The zero-order valence-corrected chi connectivity index (χ0v) is 16.0. The highest BCUT2D eigenvalue weighted by Crippen LogP contribution is 2.36. The minimum absolute atomic E-state index is 0.465. The number of rotatable bonds is 6. The van der Waals surface area contributed by atoms with E-state index in [1.165, 1.54) is 33.4 Å². The molecule has 25 heavy (non-hydrogen) atoms. The van der Waals surface area contributed by atoms with Crippen LogP contribution in [0.2, 0.25) is 0 Å². The van der Waals surface area contributed by atoms with Gasteiger partial charge in [0.05, 0.1) is 0 Å². The van der Waals surface area contributed by atoms with Crippen molar-refractivity contribution in [2.24, 2.45) is 5.92 Å². The highest BCUT2D eigenvalue weighted by atomic mass is 14.2. The molecule has 0 unspecified atom stereocenters. The molecule has 1 aromatic rings. The van der Waals surface area contributed by atoms with E-state index in [-0.39, 0.29) is 0 Å². The Balaban J connectivity index is 2.68. The number of benzene rings is 1. The van der Waals surface area contributed by atoms with Crippen LogP contribution in [-0.4, -0.2) is 0 Å². The molecule has 0 fully saturated rings. The Labute approximate surface area is 153 Å². The molecular weight excluding hydrogens is 300 g/mol. The molecule has 0 saturated heterocycles. The maximum absolute atomic E-state index is 4.05. The summed E-state index contributed by atoms with van der Waals surface area (Å²) < 4.78 is 0. The first-order chi connectivity index (χ1) is 12.1. The second kappa shape index (κ2) is 9.22. The van der Waals surface area contributed by atoms with Gasteiger partial charge in [-0.1, -0.05) is 94.1 Å². The van der Waals surface area contributed by atoms with E-state index in [0.717, 1.165) is 12.8 Å². The fourth-order valence-electron chi connectivity index (χ4n) is 3.30. The molecule has 0 N–H and O–H groups in total. The average Bonchev–Trinajstić information content (AvgIpc) is 2.83. The monoisotopic (exact) mass is 330 g/mol. The van der Waals surface area contributed by atoms with E-state index in [1.54, 1.807) is 0 Å². The summed E-state index contributed by atoms with van der Waals surface area (Å²) in [6, 6.07) is 10.7. The van der Waals surface area contributed by atoms with E-state index in [9.17, 15) is 0 Å². The lowest BCUT2D eigenvalue weighted by Gasteiger charge is -2.16. The number of hydrogen-bond acceptors (Lipinski definition) is 0. The third kappa shape index (κ3) is 4.60. The first kappa shape index (κ1) is 19.0. The maximum atomic E-state index is 4.05. The van der Waals surface area contributed by atoms with Crippen molar-refractivity contribution in [1.82, 2.24) is 0 Å². The molecule has 0 nitrogen and oxygen atoms in total. The number of hydrogen-bond donors (Lipinski definition) is 0. The van der Waals surface area contributed by atoms with E-state index in [4.69, 9.17) is 0 Å². The lowest BCUT2D eigenvalue weighted by Crippen LogP contribution is -1.99. The quantitative estimate of drug-likeness (QED) is 0.475. The van der Waals surface area contributed by atoms with Crippen LogP contribution in [0.1, 0.15) is 46.1 Å². The molecule has 0 saturated carbocycles. The fourth-order valence-corrected chi connectivity index (χ4v) is 3.30. The van der Waals surface area contributed by atoms with Crippen molar-refractivity contribution in [3.8, 4) is 0 Å². The second-order valence-corrected chi connectivity index (χ2v) is 6.65. The number of allylic oxidation sites excluding steroid dienone is 11. The summed E-state index contributed by atoms with van der Waals surface area (Å²) in [5, 5.41) is 0. The van der Waals surface area contributed by atoms with Gasteiger partial charge in [0.25, 0.3) is 0 Å². The third-order valence-corrected chi connectivity index (χ3v) is 4.67.